The molecule has 2 aliphatic rings. The Balaban J connectivity index is 1.36. The molecule has 9 heteroatoms. The van der Waals surface area contributed by atoms with Gasteiger partial charge in [0, 0.05) is 58.8 Å². The first-order valence-corrected chi connectivity index (χ1v) is 13.4. The van der Waals surface area contributed by atoms with E-state index in [2.05, 4.69) is 86.2 Å². The Kier molecular flexibility index (Phi) is 7.29. The number of rotatable bonds is 5. The Morgan fingerprint density at radius 3 is 2.77 bits per heavy atom. The maximum atomic E-state index is 5.86. The van der Waals surface area contributed by atoms with Crippen LogP contribution in [-0.2, 0) is 17.6 Å². The van der Waals surface area contributed by atoms with Crippen LogP contribution >= 0.6 is 34.8 Å². The van der Waals surface area contributed by atoms with Crippen molar-refractivity contribution in [1.29, 1.82) is 0 Å². The second kappa shape index (κ2) is 10.4. The molecule has 2 N–H and O–H groups in total. The van der Waals surface area contributed by atoms with E-state index < -0.39 is 0 Å². The molecule has 1 saturated heterocycles. The van der Waals surface area contributed by atoms with Crippen LogP contribution in [0.4, 0.5) is 17.3 Å². The molecule has 0 unspecified atom stereocenters. The number of fused-ring (bicyclic) bond motifs is 3. The summed E-state index contributed by atoms with van der Waals surface area (Å²) in [6.07, 6.45) is 5.94. The number of aryl methyl sites for hydroxylation is 1. The highest BCUT2D eigenvalue weighted by Gasteiger charge is 2.22. The first kappa shape index (κ1) is 24.5. The van der Waals surface area contributed by atoms with Crippen LogP contribution in [0.1, 0.15) is 30.7 Å². The van der Waals surface area contributed by atoms with E-state index in [0.717, 1.165) is 68.5 Å². The van der Waals surface area contributed by atoms with E-state index >= 15 is 0 Å². The second-order valence-electron chi connectivity index (χ2n) is 9.35. The number of halogens is 1. The van der Waals surface area contributed by atoms with Crippen molar-refractivity contribution in [1.82, 2.24) is 19.9 Å². The quantitative estimate of drug-likeness (QED) is 0.308. The molecular formula is C26H29IN6OS. The lowest BCUT2D eigenvalue weighted by atomic mass is 10.1. The third kappa shape index (κ3) is 5.79. The van der Waals surface area contributed by atoms with Crippen molar-refractivity contribution in [2.24, 2.45) is 0 Å². The molecule has 7 nitrogen and oxygen atoms in total. The number of benzene rings is 1. The number of pyridine rings is 1. The highest BCUT2D eigenvalue weighted by Crippen LogP contribution is 2.34. The molecule has 2 aromatic heterocycles. The van der Waals surface area contributed by atoms with Crippen molar-refractivity contribution < 1.29 is 4.74 Å². The summed E-state index contributed by atoms with van der Waals surface area (Å²) >= 11 is 7.85. The maximum absolute atomic E-state index is 5.86. The molecule has 2 atom stereocenters. The van der Waals surface area contributed by atoms with Gasteiger partial charge in [-0.05, 0) is 79.6 Å². The lowest BCUT2D eigenvalue weighted by Crippen LogP contribution is -2.46. The van der Waals surface area contributed by atoms with Crippen LogP contribution in [0.15, 0.2) is 36.7 Å². The predicted molar refractivity (Wildman–Crippen MR) is 153 cm³/mol. The van der Waals surface area contributed by atoms with Crippen LogP contribution < -0.4 is 10.6 Å². The zero-order chi connectivity index (χ0) is 24.5. The lowest BCUT2D eigenvalue weighted by molar-refractivity contribution is -0.0675. The van der Waals surface area contributed by atoms with Gasteiger partial charge in [-0.15, -0.1) is 0 Å². The number of aromatic nitrogens is 3. The van der Waals surface area contributed by atoms with Gasteiger partial charge in [-0.3, -0.25) is 9.88 Å². The van der Waals surface area contributed by atoms with Gasteiger partial charge >= 0.3 is 0 Å². The topological polar surface area (TPSA) is 75.2 Å². The Morgan fingerprint density at radius 2 is 1.97 bits per heavy atom. The molecule has 0 radical (unpaired) electrons. The zero-order valence-electron chi connectivity index (χ0n) is 20.1. The minimum absolute atomic E-state index is 0.274. The Morgan fingerprint density at radius 1 is 1.17 bits per heavy atom. The van der Waals surface area contributed by atoms with Gasteiger partial charge in [-0.1, -0.05) is 12.2 Å². The smallest absolute Gasteiger partial charge is 0.227 e. The molecule has 1 aromatic carbocycles. The van der Waals surface area contributed by atoms with Crippen LogP contribution in [0.3, 0.4) is 0 Å². The van der Waals surface area contributed by atoms with Crippen LogP contribution in [0.5, 0.6) is 0 Å². The van der Waals surface area contributed by atoms with Crippen LogP contribution in [0.25, 0.3) is 11.3 Å². The van der Waals surface area contributed by atoms with Crippen LogP contribution in [0.2, 0.25) is 0 Å². The third-order valence-electron chi connectivity index (χ3n) is 6.33. The fourth-order valence-electron chi connectivity index (χ4n) is 4.74. The summed E-state index contributed by atoms with van der Waals surface area (Å²) < 4.78 is 7.01. The van der Waals surface area contributed by atoms with Crippen molar-refractivity contribution in [3.63, 3.8) is 0 Å². The SMILES string of the molecule is Cc1ncc(CCN2C[C@@H](C)O[C@H](C)C2)cc1Nc1ncc2c(n1)-c1ccc(I)cc1NC(=S)C2. The number of anilines is 3. The van der Waals surface area contributed by atoms with Gasteiger partial charge in [0.2, 0.25) is 5.95 Å². The molecule has 1 fully saturated rings. The summed E-state index contributed by atoms with van der Waals surface area (Å²) in [4.78, 5) is 17.4. The molecule has 4 heterocycles. The van der Waals surface area contributed by atoms with Crippen molar-refractivity contribution in [3.05, 3.63) is 57.1 Å². The van der Waals surface area contributed by atoms with E-state index in [1.807, 2.05) is 19.3 Å². The largest absolute Gasteiger partial charge is 0.373 e. The fourth-order valence-corrected chi connectivity index (χ4v) is 5.49. The first-order valence-electron chi connectivity index (χ1n) is 11.9. The number of ether oxygens (including phenoxy) is 1. The van der Waals surface area contributed by atoms with Gasteiger partial charge < -0.3 is 15.4 Å². The average Bonchev–Trinajstić information content (AvgIpc) is 2.93. The Hall–Kier alpha value is -2.21. The number of hydrogen-bond acceptors (Lipinski definition) is 7. The zero-order valence-corrected chi connectivity index (χ0v) is 23.1. The predicted octanol–water partition coefficient (Wildman–Crippen LogP) is 5.14. The van der Waals surface area contributed by atoms with Gasteiger partial charge in [-0.2, -0.15) is 0 Å². The van der Waals surface area contributed by atoms with E-state index in [1.165, 1.54) is 5.56 Å². The normalized spacial score (nSPS) is 19.9. The van der Waals surface area contributed by atoms with Crippen LogP contribution in [0, 0.1) is 10.5 Å². The summed E-state index contributed by atoms with van der Waals surface area (Å²) in [6.45, 7) is 9.20. The molecule has 0 spiro atoms. The molecular weight excluding hydrogens is 571 g/mol. The van der Waals surface area contributed by atoms with Gasteiger partial charge in [0.1, 0.15) is 0 Å². The first-order chi connectivity index (χ1) is 16.8. The molecule has 0 saturated carbocycles. The number of thiocarbonyl (C=S) groups is 1. The molecule has 182 valence electrons. The summed E-state index contributed by atoms with van der Waals surface area (Å²) in [5, 5.41) is 6.77. The maximum Gasteiger partial charge on any atom is 0.227 e. The highest BCUT2D eigenvalue weighted by atomic mass is 127. The Labute approximate surface area is 225 Å². The third-order valence-corrected chi connectivity index (χ3v) is 7.25. The van der Waals surface area contributed by atoms with Crippen molar-refractivity contribution in [3.8, 4) is 11.3 Å². The second-order valence-corrected chi connectivity index (χ2v) is 11.1. The molecule has 0 aliphatic carbocycles. The lowest BCUT2D eigenvalue weighted by Gasteiger charge is -2.35. The monoisotopic (exact) mass is 600 g/mol. The fraction of sp³-hybridized carbons (Fsp3) is 0.385. The van der Waals surface area contributed by atoms with Crippen molar-refractivity contribution in [2.45, 2.75) is 45.8 Å². The highest BCUT2D eigenvalue weighted by molar-refractivity contribution is 14.1. The Bertz CT molecular complexity index is 1260. The van der Waals surface area contributed by atoms with Gasteiger partial charge in [0.25, 0.3) is 0 Å². The molecule has 5 rings (SSSR count). The standard InChI is InChI=1S/C26H29IN6OS/c1-15-13-33(14-16(2)34-15)7-6-18-8-22(17(3)28-11-18)31-26-29-12-19-9-24(35)30-23-10-20(27)4-5-21(23)25(19)32-26/h4-5,8,10-12,15-16H,6-7,9,13-14H2,1-3H3,(H,30,35)(H,29,31,32)/t15-,16-/m1/s1. The van der Waals surface area contributed by atoms with E-state index in [0.29, 0.717) is 12.4 Å². The molecule has 3 aromatic rings. The number of nitrogens with zero attached hydrogens (tertiary/aromatic N) is 4. The van der Waals surface area contributed by atoms with Crippen molar-refractivity contribution in [2.75, 3.05) is 30.3 Å². The minimum atomic E-state index is 0.274. The number of hydrogen-bond donors (Lipinski definition) is 2. The summed E-state index contributed by atoms with van der Waals surface area (Å²) in [5.41, 5.74) is 6.97. The molecule has 0 amide bonds. The summed E-state index contributed by atoms with van der Waals surface area (Å²) in [6, 6.07) is 8.44. The summed E-state index contributed by atoms with van der Waals surface area (Å²) in [7, 11) is 0. The van der Waals surface area contributed by atoms with Gasteiger partial charge in [-0.25, -0.2) is 9.97 Å². The van der Waals surface area contributed by atoms with Gasteiger partial charge in [0.05, 0.1) is 34.3 Å². The van der Waals surface area contributed by atoms with E-state index in [4.69, 9.17) is 21.9 Å². The molecule has 0 bridgehead atoms. The average molecular weight is 601 g/mol. The van der Waals surface area contributed by atoms with Crippen LogP contribution in [-0.4, -0.2) is 56.7 Å². The molecule has 2 aliphatic heterocycles. The van der Waals surface area contributed by atoms with Crippen molar-refractivity contribution >= 4 is 57.1 Å². The summed E-state index contributed by atoms with van der Waals surface area (Å²) in [5.74, 6) is 0.555. The van der Waals surface area contributed by atoms with Gasteiger partial charge in [0.15, 0.2) is 0 Å². The van der Waals surface area contributed by atoms with E-state index in [9.17, 15) is 0 Å². The van der Waals surface area contributed by atoms with E-state index in [1.54, 1.807) is 0 Å². The minimum Gasteiger partial charge on any atom is -0.373 e. The number of morpholine rings is 1. The van der Waals surface area contributed by atoms with E-state index in [-0.39, 0.29) is 12.2 Å². The number of nitrogens with one attached hydrogen (secondary N) is 2. The molecule has 35 heavy (non-hydrogen) atoms.